The fraction of sp³-hybridized carbons (Fsp3) is 0.167. The van der Waals surface area contributed by atoms with Crippen molar-refractivity contribution in [3.63, 3.8) is 0 Å². The van der Waals surface area contributed by atoms with Crippen molar-refractivity contribution in [3.05, 3.63) is 64.7 Å². The Morgan fingerprint density at radius 2 is 1.76 bits per heavy atom. The summed E-state index contributed by atoms with van der Waals surface area (Å²) in [5.41, 5.74) is 3.79. The minimum Gasteiger partial charge on any atom is -0.494 e. The van der Waals surface area contributed by atoms with Crippen LogP contribution in [0.15, 0.2) is 53.6 Å². The fourth-order valence-electron chi connectivity index (χ4n) is 1.90. The molecule has 2 N–H and O–H groups in total. The highest BCUT2D eigenvalue weighted by atomic mass is 35.5. The molecule has 2 aromatic carbocycles. The smallest absolute Gasteiger partial charge is 0.329 e. The van der Waals surface area contributed by atoms with Crippen LogP contribution in [-0.4, -0.2) is 24.6 Å². The van der Waals surface area contributed by atoms with Gasteiger partial charge in [-0.1, -0.05) is 23.7 Å². The first-order chi connectivity index (χ1) is 12.1. The predicted octanol–water partition coefficient (Wildman–Crippen LogP) is 2.51. The third-order valence-electron chi connectivity index (χ3n) is 3.14. The summed E-state index contributed by atoms with van der Waals surface area (Å²) >= 11 is 5.78. The number of hydrazone groups is 1. The van der Waals surface area contributed by atoms with Crippen LogP contribution in [0.3, 0.4) is 0 Å². The van der Waals surface area contributed by atoms with Crippen molar-refractivity contribution in [3.8, 4) is 5.75 Å². The van der Waals surface area contributed by atoms with Crippen LogP contribution >= 0.6 is 11.6 Å². The highest BCUT2D eigenvalue weighted by Crippen LogP contribution is 2.10. The fourth-order valence-corrected chi connectivity index (χ4v) is 2.02. The summed E-state index contributed by atoms with van der Waals surface area (Å²) in [6.07, 6.45) is 1.44. The summed E-state index contributed by atoms with van der Waals surface area (Å²) < 4.78 is 5.33. The number of carbonyl (C=O) groups excluding carboxylic acids is 2. The predicted molar refractivity (Wildman–Crippen MR) is 96.6 cm³/mol. The van der Waals surface area contributed by atoms with E-state index in [0.29, 0.717) is 11.6 Å². The molecule has 0 unspecified atom stereocenters. The maximum Gasteiger partial charge on any atom is 0.329 e. The Hall–Kier alpha value is -2.86. The molecular formula is C18H18ClN3O3. The van der Waals surface area contributed by atoms with Crippen LogP contribution in [0.5, 0.6) is 5.75 Å². The monoisotopic (exact) mass is 359 g/mol. The molecule has 6 nitrogen and oxygen atoms in total. The first kappa shape index (κ1) is 18.5. The number of amides is 2. The Kier molecular flexibility index (Phi) is 6.98. The molecule has 0 radical (unpaired) electrons. The van der Waals surface area contributed by atoms with E-state index in [1.807, 2.05) is 6.92 Å². The Balaban J connectivity index is 1.78. The third-order valence-corrected chi connectivity index (χ3v) is 3.40. The second-order valence-corrected chi connectivity index (χ2v) is 5.45. The van der Waals surface area contributed by atoms with Gasteiger partial charge in [0.1, 0.15) is 5.75 Å². The molecule has 2 amide bonds. The number of benzene rings is 2. The van der Waals surface area contributed by atoms with Crippen LogP contribution in [0.4, 0.5) is 0 Å². The van der Waals surface area contributed by atoms with Gasteiger partial charge in [0, 0.05) is 11.6 Å². The van der Waals surface area contributed by atoms with Crippen LogP contribution in [-0.2, 0) is 16.1 Å². The van der Waals surface area contributed by atoms with Gasteiger partial charge < -0.3 is 10.1 Å². The SMILES string of the molecule is CCOc1ccc(/C=N\NC(=O)C(=O)NCc2ccc(Cl)cc2)cc1. The number of nitrogens with one attached hydrogen (secondary N) is 2. The lowest BCUT2D eigenvalue weighted by Gasteiger charge is -2.04. The van der Waals surface area contributed by atoms with Crippen molar-refractivity contribution in [1.29, 1.82) is 0 Å². The zero-order chi connectivity index (χ0) is 18.1. The molecule has 0 aliphatic rings. The van der Waals surface area contributed by atoms with E-state index in [2.05, 4.69) is 15.8 Å². The number of nitrogens with zero attached hydrogens (tertiary/aromatic N) is 1. The standard InChI is InChI=1S/C18H18ClN3O3/c1-2-25-16-9-5-14(6-10-16)12-21-22-18(24)17(23)20-11-13-3-7-15(19)8-4-13/h3-10,12H,2,11H2,1H3,(H,20,23)(H,22,24)/b21-12-. The van der Waals surface area contributed by atoms with Gasteiger partial charge in [0.15, 0.2) is 0 Å². The Bertz CT molecular complexity index is 743. The molecule has 0 aliphatic heterocycles. The number of hydrogen-bond donors (Lipinski definition) is 2. The summed E-state index contributed by atoms with van der Waals surface area (Å²) in [6, 6.07) is 14.1. The van der Waals surface area contributed by atoms with Crippen molar-refractivity contribution in [2.75, 3.05) is 6.61 Å². The van der Waals surface area contributed by atoms with Crippen molar-refractivity contribution >= 4 is 29.6 Å². The summed E-state index contributed by atoms with van der Waals surface area (Å²) in [5, 5.41) is 6.87. The third kappa shape index (κ3) is 6.27. The van der Waals surface area contributed by atoms with Gasteiger partial charge in [-0.05, 0) is 54.4 Å². The van der Waals surface area contributed by atoms with E-state index in [0.717, 1.165) is 16.9 Å². The molecular weight excluding hydrogens is 342 g/mol. The molecule has 130 valence electrons. The second kappa shape index (κ2) is 9.44. The van der Waals surface area contributed by atoms with Crippen molar-refractivity contribution in [2.45, 2.75) is 13.5 Å². The molecule has 0 fully saturated rings. The van der Waals surface area contributed by atoms with E-state index < -0.39 is 11.8 Å². The Labute approximate surface area is 150 Å². The van der Waals surface area contributed by atoms with E-state index in [1.165, 1.54) is 6.21 Å². The lowest BCUT2D eigenvalue weighted by Crippen LogP contribution is -2.37. The zero-order valence-corrected chi connectivity index (χ0v) is 14.4. The van der Waals surface area contributed by atoms with Crippen LogP contribution in [0.1, 0.15) is 18.1 Å². The topological polar surface area (TPSA) is 79.8 Å². The van der Waals surface area contributed by atoms with Gasteiger partial charge in [-0.2, -0.15) is 5.10 Å². The molecule has 0 spiro atoms. The quantitative estimate of drug-likeness (QED) is 0.472. The lowest BCUT2D eigenvalue weighted by molar-refractivity contribution is -0.139. The normalized spacial score (nSPS) is 10.5. The van der Waals surface area contributed by atoms with Gasteiger partial charge in [0.2, 0.25) is 0 Å². The van der Waals surface area contributed by atoms with Gasteiger partial charge in [-0.3, -0.25) is 9.59 Å². The molecule has 2 rings (SSSR count). The van der Waals surface area contributed by atoms with Crippen LogP contribution in [0.25, 0.3) is 0 Å². The van der Waals surface area contributed by atoms with E-state index in [4.69, 9.17) is 16.3 Å². The van der Waals surface area contributed by atoms with Gasteiger partial charge in [0.25, 0.3) is 0 Å². The van der Waals surface area contributed by atoms with Crippen LogP contribution in [0.2, 0.25) is 5.02 Å². The highest BCUT2D eigenvalue weighted by Gasteiger charge is 2.11. The molecule has 0 saturated carbocycles. The first-order valence-electron chi connectivity index (χ1n) is 7.67. The molecule has 0 aromatic heterocycles. The molecule has 0 atom stereocenters. The number of ether oxygens (including phenoxy) is 1. The largest absolute Gasteiger partial charge is 0.494 e. The van der Waals surface area contributed by atoms with Crippen molar-refractivity contribution < 1.29 is 14.3 Å². The lowest BCUT2D eigenvalue weighted by atomic mass is 10.2. The molecule has 0 heterocycles. The van der Waals surface area contributed by atoms with Gasteiger partial charge >= 0.3 is 11.8 Å². The van der Waals surface area contributed by atoms with Gasteiger partial charge in [0.05, 0.1) is 12.8 Å². The van der Waals surface area contributed by atoms with Gasteiger partial charge in [-0.15, -0.1) is 0 Å². The molecule has 0 saturated heterocycles. The molecule has 2 aromatic rings. The summed E-state index contributed by atoms with van der Waals surface area (Å²) in [6.45, 7) is 2.73. The van der Waals surface area contributed by atoms with Crippen molar-refractivity contribution in [1.82, 2.24) is 10.7 Å². The molecule has 0 bridgehead atoms. The van der Waals surface area contributed by atoms with Crippen molar-refractivity contribution in [2.24, 2.45) is 5.10 Å². The van der Waals surface area contributed by atoms with Crippen LogP contribution in [0, 0.1) is 0 Å². The number of halogens is 1. The van der Waals surface area contributed by atoms with E-state index in [-0.39, 0.29) is 6.54 Å². The minimum atomic E-state index is -0.837. The highest BCUT2D eigenvalue weighted by molar-refractivity contribution is 6.35. The first-order valence-corrected chi connectivity index (χ1v) is 8.05. The maximum absolute atomic E-state index is 11.7. The Morgan fingerprint density at radius 1 is 1.08 bits per heavy atom. The number of rotatable bonds is 6. The zero-order valence-electron chi connectivity index (χ0n) is 13.7. The molecule has 0 aliphatic carbocycles. The second-order valence-electron chi connectivity index (χ2n) is 5.01. The Morgan fingerprint density at radius 3 is 2.40 bits per heavy atom. The molecule has 7 heteroatoms. The summed E-state index contributed by atoms with van der Waals surface area (Å²) in [7, 11) is 0. The van der Waals surface area contributed by atoms with Gasteiger partial charge in [-0.25, -0.2) is 5.43 Å². The maximum atomic E-state index is 11.7. The van der Waals surface area contributed by atoms with Crippen LogP contribution < -0.4 is 15.5 Å². The summed E-state index contributed by atoms with van der Waals surface area (Å²) in [5.74, 6) is -0.847. The molecule has 25 heavy (non-hydrogen) atoms. The minimum absolute atomic E-state index is 0.228. The number of hydrogen-bond acceptors (Lipinski definition) is 4. The van der Waals surface area contributed by atoms with E-state index in [1.54, 1.807) is 48.5 Å². The van der Waals surface area contributed by atoms with E-state index >= 15 is 0 Å². The summed E-state index contributed by atoms with van der Waals surface area (Å²) in [4.78, 5) is 23.4. The number of carbonyl (C=O) groups is 2. The van der Waals surface area contributed by atoms with E-state index in [9.17, 15) is 9.59 Å². The average molecular weight is 360 g/mol. The average Bonchev–Trinajstić information content (AvgIpc) is 2.62.